The molecule has 0 radical (unpaired) electrons. The number of ether oxygens (including phenoxy) is 1. The molecule has 0 aliphatic carbocycles. The minimum absolute atomic E-state index is 0.0643. The monoisotopic (exact) mass is 298 g/mol. The summed E-state index contributed by atoms with van der Waals surface area (Å²) in [6, 6.07) is 3.06. The molecule has 0 aromatic carbocycles. The molecule has 0 bridgehead atoms. The SMILES string of the molecule is O=C(NCC1(C(=O)O)CCOCC1)c1ccc(Cl)cn1. The van der Waals surface area contributed by atoms with Gasteiger partial charge in [-0.1, -0.05) is 11.6 Å². The summed E-state index contributed by atoms with van der Waals surface area (Å²) in [5, 5.41) is 12.4. The van der Waals surface area contributed by atoms with Crippen LogP contribution in [0.4, 0.5) is 0 Å². The number of rotatable bonds is 4. The summed E-state index contributed by atoms with van der Waals surface area (Å²) >= 11 is 5.69. The summed E-state index contributed by atoms with van der Waals surface area (Å²) < 4.78 is 5.18. The summed E-state index contributed by atoms with van der Waals surface area (Å²) in [5.41, 5.74) is -0.748. The predicted octanol–water partition coefficient (Wildman–Crippen LogP) is 1.35. The standard InChI is InChI=1S/C13H15ClN2O4/c14-9-1-2-10(15-7-9)11(17)16-8-13(12(18)19)3-5-20-6-4-13/h1-2,7H,3-6,8H2,(H,16,17)(H,18,19). The Labute approximate surface area is 121 Å². The van der Waals surface area contributed by atoms with Gasteiger partial charge in [-0.05, 0) is 25.0 Å². The van der Waals surface area contributed by atoms with E-state index in [1.54, 1.807) is 6.07 Å². The average Bonchev–Trinajstić information content (AvgIpc) is 2.46. The van der Waals surface area contributed by atoms with Crippen molar-refractivity contribution < 1.29 is 19.4 Å². The van der Waals surface area contributed by atoms with Gasteiger partial charge in [0.05, 0.1) is 10.4 Å². The van der Waals surface area contributed by atoms with E-state index in [0.717, 1.165) is 0 Å². The molecule has 2 N–H and O–H groups in total. The third-order valence-corrected chi connectivity index (χ3v) is 3.67. The fourth-order valence-corrected chi connectivity index (χ4v) is 2.19. The third-order valence-electron chi connectivity index (χ3n) is 3.45. The molecule has 20 heavy (non-hydrogen) atoms. The van der Waals surface area contributed by atoms with Crippen molar-refractivity contribution in [2.45, 2.75) is 12.8 Å². The van der Waals surface area contributed by atoms with Crippen molar-refractivity contribution in [3.05, 3.63) is 29.0 Å². The summed E-state index contributed by atoms with van der Waals surface area (Å²) in [4.78, 5) is 27.2. The summed E-state index contributed by atoms with van der Waals surface area (Å²) in [6.45, 7) is 0.845. The molecule has 0 atom stereocenters. The molecule has 0 saturated carbocycles. The van der Waals surface area contributed by atoms with Crippen molar-refractivity contribution in [1.82, 2.24) is 10.3 Å². The molecular weight excluding hydrogens is 284 g/mol. The van der Waals surface area contributed by atoms with Gasteiger partial charge in [0.15, 0.2) is 0 Å². The molecule has 1 aliphatic rings. The zero-order chi connectivity index (χ0) is 14.6. The highest BCUT2D eigenvalue weighted by Crippen LogP contribution is 2.30. The van der Waals surface area contributed by atoms with Gasteiger partial charge in [0, 0.05) is 26.0 Å². The van der Waals surface area contributed by atoms with Crippen molar-refractivity contribution in [3.63, 3.8) is 0 Å². The number of amides is 1. The molecule has 1 aliphatic heterocycles. The highest BCUT2D eigenvalue weighted by Gasteiger charge is 2.40. The number of hydrogen-bond acceptors (Lipinski definition) is 4. The van der Waals surface area contributed by atoms with Crippen LogP contribution in [0.15, 0.2) is 18.3 Å². The molecule has 0 spiro atoms. The van der Waals surface area contributed by atoms with Gasteiger partial charge in [-0.15, -0.1) is 0 Å². The molecule has 1 saturated heterocycles. The fraction of sp³-hybridized carbons (Fsp3) is 0.462. The van der Waals surface area contributed by atoms with E-state index in [1.807, 2.05) is 0 Å². The quantitative estimate of drug-likeness (QED) is 0.876. The van der Waals surface area contributed by atoms with Gasteiger partial charge in [0.25, 0.3) is 5.91 Å². The first kappa shape index (κ1) is 14.7. The van der Waals surface area contributed by atoms with E-state index in [-0.39, 0.29) is 12.2 Å². The first-order chi connectivity index (χ1) is 9.53. The topological polar surface area (TPSA) is 88.5 Å². The van der Waals surface area contributed by atoms with Crippen LogP contribution in [-0.4, -0.2) is 41.7 Å². The van der Waals surface area contributed by atoms with Crippen molar-refractivity contribution in [2.24, 2.45) is 5.41 Å². The number of carbonyl (C=O) groups is 2. The van der Waals surface area contributed by atoms with Crippen LogP contribution < -0.4 is 5.32 Å². The largest absolute Gasteiger partial charge is 0.481 e. The Morgan fingerprint density at radius 2 is 2.10 bits per heavy atom. The Morgan fingerprint density at radius 3 is 2.65 bits per heavy atom. The number of halogens is 1. The summed E-state index contributed by atoms with van der Waals surface area (Å²) in [6.07, 6.45) is 2.14. The maximum atomic E-state index is 11.9. The lowest BCUT2D eigenvalue weighted by atomic mass is 9.80. The molecule has 0 unspecified atom stereocenters. The predicted molar refractivity (Wildman–Crippen MR) is 71.7 cm³/mol. The van der Waals surface area contributed by atoms with Crippen LogP contribution in [0.1, 0.15) is 23.3 Å². The van der Waals surface area contributed by atoms with Gasteiger partial charge in [-0.3, -0.25) is 9.59 Å². The number of nitrogens with one attached hydrogen (secondary N) is 1. The van der Waals surface area contributed by atoms with E-state index < -0.39 is 17.3 Å². The van der Waals surface area contributed by atoms with Gasteiger partial charge in [0.1, 0.15) is 5.69 Å². The molecule has 6 nitrogen and oxygen atoms in total. The lowest BCUT2D eigenvalue weighted by Gasteiger charge is -2.33. The molecule has 2 heterocycles. The summed E-state index contributed by atoms with van der Waals surface area (Å²) in [7, 11) is 0. The Morgan fingerprint density at radius 1 is 1.40 bits per heavy atom. The van der Waals surface area contributed by atoms with Crippen LogP contribution >= 0.6 is 11.6 Å². The lowest BCUT2D eigenvalue weighted by molar-refractivity contribution is -0.154. The van der Waals surface area contributed by atoms with E-state index in [0.29, 0.717) is 31.1 Å². The number of carboxylic acids is 1. The van der Waals surface area contributed by atoms with E-state index in [4.69, 9.17) is 16.3 Å². The van der Waals surface area contributed by atoms with Crippen molar-refractivity contribution in [2.75, 3.05) is 19.8 Å². The van der Waals surface area contributed by atoms with Gasteiger partial charge >= 0.3 is 5.97 Å². The smallest absolute Gasteiger partial charge is 0.311 e. The number of carbonyl (C=O) groups excluding carboxylic acids is 1. The molecule has 1 fully saturated rings. The molecule has 2 rings (SSSR count). The number of carboxylic acid groups (broad SMARTS) is 1. The highest BCUT2D eigenvalue weighted by molar-refractivity contribution is 6.30. The lowest BCUT2D eigenvalue weighted by Crippen LogP contribution is -2.46. The number of nitrogens with zero attached hydrogens (tertiary/aromatic N) is 1. The van der Waals surface area contributed by atoms with E-state index >= 15 is 0 Å². The maximum Gasteiger partial charge on any atom is 0.311 e. The number of pyridine rings is 1. The first-order valence-electron chi connectivity index (χ1n) is 6.24. The zero-order valence-electron chi connectivity index (χ0n) is 10.8. The van der Waals surface area contributed by atoms with Crippen LogP contribution in [0, 0.1) is 5.41 Å². The van der Waals surface area contributed by atoms with E-state index in [1.165, 1.54) is 12.3 Å². The van der Waals surface area contributed by atoms with Gasteiger partial charge < -0.3 is 15.2 Å². The minimum Gasteiger partial charge on any atom is -0.481 e. The van der Waals surface area contributed by atoms with Crippen molar-refractivity contribution in [3.8, 4) is 0 Å². The Balaban J connectivity index is 2.00. The van der Waals surface area contributed by atoms with E-state index in [2.05, 4.69) is 10.3 Å². The van der Waals surface area contributed by atoms with Crippen LogP contribution in [-0.2, 0) is 9.53 Å². The average molecular weight is 299 g/mol. The number of aliphatic carboxylic acids is 1. The normalized spacial score (nSPS) is 17.4. The maximum absolute atomic E-state index is 11.9. The van der Waals surface area contributed by atoms with Gasteiger partial charge in [-0.2, -0.15) is 0 Å². The fourth-order valence-electron chi connectivity index (χ4n) is 2.08. The first-order valence-corrected chi connectivity index (χ1v) is 6.62. The number of aromatic nitrogens is 1. The zero-order valence-corrected chi connectivity index (χ0v) is 11.5. The Bertz CT molecular complexity index is 498. The van der Waals surface area contributed by atoms with E-state index in [9.17, 15) is 14.7 Å². The molecule has 7 heteroatoms. The second-order valence-corrected chi connectivity index (χ2v) is 5.18. The van der Waals surface area contributed by atoms with Gasteiger partial charge in [-0.25, -0.2) is 4.98 Å². The van der Waals surface area contributed by atoms with Crippen LogP contribution in [0.2, 0.25) is 5.02 Å². The molecule has 1 aromatic rings. The molecule has 108 valence electrons. The van der Waals surface area contributed by atoms with Crippen LogP contribution in [0.3, 0.4) is 0 Å². The van der Waals surface area contributed by atoms with Crippen molar-refractivity contribution in [1.29, 1.82) is 0 Å². The molecular formula is C13H15ClN2O4. The van der Waals surface area contributed by atoms with Gasteiger partial charge in [0.2, 0.25) is 0 Å². The number of hydrogen-bond donors (Lipinski definition) is 2. The molecule has 1 aromatic heterocycles. The van der Waals surface area contributed by atoms with Crippen LogP contribution in [0.5, 0.6) is 0 Å². The highest BCUT2D eigenvalue weighted by atomic mass is 35.5. The van der Waals surface area contributed by atoms with Crippen molar-refractivity contribution >= 4 is 23.5 Å². The molecule has 1 amide bonds. The Hall–Kier alpha value is -1.66. The summed E-state index contributed by atoms with van der Waals surface area (Å²) in [5.74, 6) is -1.32. The van der Waals surface area contributed by atoms with Crippen LogP contribution in [0.25, 0.3) is 0 Å². The minimum atomic E-state index is -0.958. The second-order valence-electron chi connectivity index (χ2n) is 4.74. The Kier molecular flexibility index (Phi) is 4.57. The third kappa shape index (κ3) is 3.26. The second kappa shape index (κ2) is 6.19.